The Balaban J connectivity index is 2.15. The Hall–Kier alpha value is -2.61. The fourth-order valence-corrected chi connectivity index (χ4v) is 2.06. The van der Waals surface area contributed by atoms with Crippen LogP contribution in [0.2, 0.25) is 0 Å². The lowest BCUT2D eigenvalue weighted by Gasteiger charge is -2.11. The van der Waals surface area contributed by atoms with Crippen molar-refractivity contribution in [3.8, 4) is 0 Å². The standard InChI is InChI=1S/C16H17F3N4O/c1-10-5-12(7-14(22-10)21-9-16(17,18)19)15(24)23-13-4-2-3-11(6-13)8-20/h2-7H,8-9,20H2,1H3,(H,21,22)(H,23,24). The Morgan fingerprint density at radius 1 is 1.25 bits per heavy atom. The van der Waals surface area contributed by atoms with Crippen molar-refractivity contribution in [1.82, 2.24) is 4.98 Å². The van der Waals surface area contributed by atoms with E-state index in [9.17, 15) is 18.0 Å². The number of aryl methyl sites for hydroxylation is 1. The van der Waals surface area contributed by atoms with Crippen LogP contribution in [0.1, 0.15) is 21.6 Å². The number of anilines is 2. The molecule has 0 saturated heterocycles. The normalized spacial score (nSPS) is 11.2. The summed E-state index contributed by atoms with van der Waals surface area (Å²) in [6.45, 7) is 0.719. The average Bonchev–Trinajstić information content (AvgIpc) is 2.52. The molecule has 0 unspecified atom stereocenters. The third-order valence-corrected chi connectivity index (χ3v) is 3.11. The van der Waals surface area contributed by atoms with Gasteiger partial charge in [-0.1, -0.05) is 12.1 Å². The van der Waals surface area contributed by atoms with Crippen molar-refractivity contribution in [2.75, 3.05) is 17.2 Å². The van der Waals surface area contributed by atoms with Crippen LogP contribution in [0.3, 0.4) is 0 Å². The third kappa shape index (κ3) is 5.24. The van der Waals surface area contributed by atoms with Crippen LogP contribution in [-0.2, 0) is 6.54 Å². The van der Waals surface area contributed by atoms with Gasteiger partial charge in [0, 0.05) is 23.5 Å². The summed E-state index contributed by atoms with van der Waals surface area (Å²) < 4.78 is 36.8. The zero-order valence-corrected chi connectivity index (χ0v) is 12.9. The van der Waals surface area contributed by atoms with E-state index in [1.807, 2.05) is 6.07 Å². The van der Waals surface area contributed by atoms with E-state index >= 15 is 0 Å². The largest absolute Gasteiger partial charge is 0.405 e. The van der Waals surface area contributed by atoms with Crippen molar-refractivity contribution in [3.05, 3.63) is 53.2 Å². The topological polar surface area (TPSA) is 80.0 Å². The number of halogens is 3. The Morgan fingerprint density at radius 3 is 2.67 bits per heavy atom. The van der Waals surface area contributed by atoms with Gasteiger partial charge in [-0.3, -0.25) is 4.79 Å². The van der Waals surface area contributed by atoms with E-state index in [2.05, 4.69) is 15.6 Å². The number of hydrogen-bond acceptors (Lipinski definition) is 4. The smallest absolute Gasteiger partial charge is 0.361 e. The van der Waals surface area contributed by atoms with Gasteiger partial charge in [0.05, 0.1) is 0 Å². The van der Waals surface area contributed by atoms with E-state index in [1.54, 1.807) is 25.1 Å². The molecule has 1 amide bonds. The average molecular weight is 338 g/mol. The number of carbonyl (C=O) groups excluding carboxylic acids is 1. The molecule has 0 atom stereocenters. The maximum absolute atomic E-state index is 12.3. The molecule has 1 aromatic carbocycles. The van der Waals surface area contributed by atoms with E-state index in [0.29, 0.717) is 17.9 Å². The first-order valence-electron chi connectivity index (χ1n) is 7.16. The van der Waals surface area contributed by atoms with E-state index in [0.717, 1.165) is 5.56 Å². The minimum absolute atomic E-state index is 0.00631. The summed E-state index contributed by atoms with van der Waals surface area (Å²) >= 11 is 0. The van der Waals surface area contributed by atoms with Gasteiger partial charge in [-0.15, -0.1) is 0 Å². The molecular formula is C16H17F3N4O. The van der Waals surface area contributed by atoms with Gasteiger partial charge in [0.1, 0.15) is 12.4 Å². The lowest BCUT2D eigenvalue weighted by Crippen LogP contribution is -2.22. The van der Waals surface area contributed by atoms with E-state index in [1.165, 1.54) is 12.1 Å². The SMILES string of the molecule is Cc1cc(C(=O)Nc2cccc(CN)c2)cc(NCC(F)(F)F)n1. The summed E-state index contributed by atoms with van der Waals surface area (Å²) in [5.74, 6) is -0.446. The second-order valence-electron chi connectivity index (χ2n) is 5.21. The van der Waals surface area contributed by atoms with Crippen molar-refractivity contribution < 1.29 is 18.0 Å². The predicted molar refractivity (Wildman–Crippen MR) is 85.8 cm³/mol. The molecule has 1 heterocycles. The predicted octanol–water partition coefficient (Wildman–Crippen LogP) is 3.08. The third-order valence-electron chi connectivity index (χ3n) is 3.11. The maximum Gasteiger partial charge on any atom is 0.405 e. The summed E-state index contributed by atoms with van der Waals surface area (Å²) in [7, 11) is 0. The number of hydrogen-bond donors (Lipinski definition) is 3. The molecule has 2 rings (SSSR count). The molecule has 0 radical (unpaired) electrons. The lowest BCUT2D eigenvalue weighted by atomic mass is 10.1. The van der Waals surface area contributed by atoms with Crippen molar-refractivity contribution >= 4 is 17.4 Å². The van der Waals surface area contributed by atoms with E-state index < -0.39 is 18.6 Å². The van der Waals surface area contributed by atoms with E-state index in [-0.39, 0.29) is 11.4 Å². The number of amides is 1. The second kappa shape index (κ2) is 7.31. The molecule has 5 nitrogen and oxygen atoms in total. The van der Waals surface area contributed by atoms with Gasteiger partial charge in [-0.05, 0) is 36.8 Å². The summed E-state index contributed by atoms with van der Waals surface area (Å²) in [6, 6.07) is 9.79. The highest BCUT2D eigenvalue weighted by atomic mass is 19.4. The number of benzene rings is 1. The van der Waals surface area contributed by atoms with Crippen LogP contribution in [0.15, 0.2) is 36.4 Å². The Kier molecular flexibility index (Phi) is 5.40. The zero-order valence-electron chi connectivity index (χ0n) is 12.9. The van der Waals surface area contributed by atoms with Gasteiger partial charge in [0.25, 0.3) is 5.91 Å². The molecule has 0 aliphatic rings. The molecule has 1 aromatic heterocycles. The van der Waals surface area contributed by atoms with Crippen LogP contribution in [0, 0.1) is 6.92 Å². The molecule has 0 fully saturated rings. The second-order valence-corrected chi connectivity index (χ2v) is 5.21. The molecule has 0 saturated carbocycles. The molecule has 0 spiro atoms. The van der Waals surface area contributed by atoms with Gasteiger partial charge in [0.2, 0.25) is 0 Å². The van der Waals surface area contributed by atoms with Crippen LogP contribution >= 0.6 is 0 Å². The lowest BCUT2D eigenvalue weighted by molar-refractivity contribution is -0.115. The number of nitrogens with zero attached hydrogens (tertiary/aromatic N) is 1. The van der Waals surface area contributed by atoms with Crippen molar-refractivity contribution in [3.63, 3.8) is 0 Å². The summed E-state index contributed by atoms with van der Waals surface area (Å²) in [5.41, 5.74) is 7.60. The first kappa shape index (κ1) is 17.7. The molecule has 2 aromatic rings. The van der Waals surface area contributed by atoms with Gasteiger partial charge >= 0.3 is 6.18 Å². The maximum atomic E-state index is 12.3. The monoisotopic (exact) mass is 338 g/mol. The molecule has 4 N–H and O–H groups in total. The Bertz CT molecular complexity index is 732. The fraction of sp³-hybridized carbons (Fsp3) is 0.250. The van der Waals surface area contributed by atoms with Crippen LogP contribution in [-0.4, -0.2) is 23.6 Å². The van der Waals surface area contributed by atoms with Crippen LogP contribution < -0.4 is 16.4 Å². The van der Waals surface area contributed by atoms with Crippen molar-refractivity contribution in [2.24, 2.45) is 5.73 Å². The minimum Gasteiger partial charge on any atom is -0.361 e. The highest BCUT2D eigenvalue weighted by Gasteiger charge is 2.27. The van der Waals surface area contributed by atoms with Crippen LogP contribution in [0.25, 0.3) is 0 Å². The van der Waals surface area contributed by atoms with Gasteiger partial charge in [0.15, 0.2) is 0 Å². The number of nitrogens with one attached hydrogen (secondary N) is 2. The van der Waals surface area contributed by atoms with Crippen LogP contribution in [0.4, 0.5) is 24.7 Å². The number of alkyl halides is 3. The number of rotatable bonds is 5. The minimum atomic E-state index is -4.36. The molecule has 8 heteroatoms. The highest BCUT2D eigenvalue weighted by Crippen LogP contribution is 2.18. The van der Waals surface area contributed by atoms with Gasteiger partial charge in [-0.25, -0.2) is 4.98 Å². The Morgan fingerprint density at radius 2 is 2.00 bits per heavy atom. The summed E-state index contributed by atoms with van der Waals surface area (Å²) in [4.78, 5) is 16.2. The first-order chi connectivity index (χ1) is 11.3. The molecule has 0 aliphatic carbocycles. The zero-order chi connectivity index (χ0) is 17.7. The van der Waals surface area contributed by atoms with Crippen LogP contribution in [0.5, 0.6) is 0 Å². The van der Waals surface area contributed by atoms with Crippen molar-refractivity contribution in [1.29, 1.82) is 0 Å². The van der Waals surface area contributed by atoms with Gasteiger partial charge < -0.3 is 16.4 Å². The molecule has 0 bridgehead atoms. The summed E-state index contributed by atoms with van der Waals surface area (Å²) in [5, 5.41) is 4.86. The van der Waals surface area contributed by atoms with Crippen molar-refractivity contribution in [2.45, 2.75) is 19.6 Å². The number of carbonyl (C=O) groups is 1. The number of pyridine rings is 1. The highest BCUT2D eigenvalue weighted by molar-refractivity contribution is 6.04. The number of aromatic nitrogens is 1. The van der Waals surface area contributed by atoms with Gasteiger partial charge in [-0.2, -0.15) is 13.2 Å². The Labute approximate surface area is 137 Å². The molecule has 128 valence electrons. The molecule has 24 heavy (non-hydrogen) atoms. The molecule has 0 aliphatic heterocycles. The first-order valence-corrected chi connectivity index (χ1v) is 7.16. The van der Waals surface area contributed by atoms with E-state index in [4.69, 9.17) is 5.73 Å². The fourth-order valence-electron chi connectivity index (χ4n) is 2.06. The number of nitrogens with two attached hydrogens (primary N) is 1. The quantitative estimate of drug-likeness (QED) is 0.783. The molecular weight excluding hydrogens is 321 g/mol. The summed E-state index contributed by atoms with van der Waals surface area (Å²) in [6.07, 6.45) is -4.36.